The van der Waals surface area contributed by atoms with Crippen molar-refractivity contribution < 1.29 is 23.1 Å². The Labute approximate surface area is 138 Å². The van der Waals surface area contributed by atoms with Gasteiger partial charge in [0.05, 0.1) is 20.8 Å². The fourth-order valence-corrected chi connectivity index (χ4v) is 3.22. The summed E-state index contributed by atoms with van der Waals surface area (Å²) in [5, 5.41) is 10.8. The topological polar surface area (TPSA) is 65.5 Å². The highest BCUT2D eigenvalue weighted by Crippen LogP contribution is 2.33. The summed E-state index contributed by atoms with van der Waals surface area (Å²) in [6.45, 7) is -0.206. The first-order valence-electron chi connectivity index (χ1n) is 6.90. The largest absolute Gasteiger partial charge is 0.480 e. The highest BCUT2D eigenvalue weighted by atomic mass is 32.1. The SMILES string of the molecule is O=C(O)CN1C=CC=C(Cc2nc3cc(C(F)(F)F)ccc3s2)N1. The molecule has 0 aliphatic carbocycles. The maximum absolute atomic E-state index is 12.7. The van der Waals surface area contributed by atoms with Gasteiger partial charge in [0.25, 0.3) is 0 Å². The molecular weight excluding hydrogens is 343 g/mol. The minimum atomic E-state index is -4.40. The van der Waals surface area contributed by atoms with Gasteiger partial charge in [-0.1, -0.05) is 0 Å². The van der Waals surface area contributed by atoms with E-state index >= 15 is 0 Å². The number of carbonyl (C=O) groups is 1. The van der Waals surface area contributed by atoms with Gasteiger partial charge in [-0.25, -0.2) is 4.98 Å². The van der Waals surface area contributed by atoms with Crippen molar-refractivity contribution in [3.63, 3.8) is 0 Å². The fourth-order valence-electron chi connectivity index (χ4n) is 2.25. The summed E-state index contributed by atoms with van der Waals surface area (Å²) in [5.41, 5.74) is 3.22. The van der Waals surface area contributed by atoms with E-state index in [9.17, 15) is 18.0 Å². The molecule has 0 spiro atoms. The molecule has 0 unspecified atom stereocenters. The number of carboxylic acid groups (broad SMARTS) is 1. The number of allylic oxidation sites excluding steroid dienone is 3. The van der Waals surface area contributed by atoms with E-state index in [0.717, 1.165) is 12.1 Å². The van der Waals surface area contributed by atoms with Crippen molar-refractivity contribution in [1.82, 2.24) is 15.4 Å². The molecule has 9 heteroatoms. The fraction of sp³-hybridized carbons (Fsp3) is 0.200. The van der Waals surface area contributed by atoms with E-state index in [1.165, 1.54) is 22.4 Å². The standard InChI is InChI=1S/C15H12F3N3O2S/c16-15(17,18)9-3-4-12-11(6-9)19-13(24-12)7-10-2-1-5-21(20-10)8-14(22)23/h1-6,20H,7-8H2,(H,22,23). The van der Waals surface area contributed by atoms with Crippen LogP contribution in [0.2, 0.25) is 0 Å². The molecule has 2 heterocycles. The summed E-state index contributed by atoms with van der Waals surface area (Å²) in [6, 6.07) is 3.49. The minimum Gasteiger partial charge on any atom is -0.480 e. The molecule has 5 nitrogen and oxygen atoms in total. The number of hydrogen-bond donors (Lipinski definition) is 2. The summed E-state index contributed by atoms with van der Waals surface area (Å²) in [4.78, 5) is 15.0. The Morgan fingerprint density at radius 3 is 2.88 bits per heavy atom. The Kier molecular flexibility index (Phi) is 4.18. The number of hydrazine groups is 1. The average Bonchev–Trinajstić information content (AvgIpc) is 2.87. The van der Waals surface area contributed by atoms with Crippen LogP contribution in [0.15, 0.2) is 42.2 Å². The number of thiazole rings is 1. The molecule has 1 aliphatic heterocycles. The molecule has 24 heavy (non-hydrogen) atoms. The van der Waals surface area contributed by atoms with Gasteiger partial charge in [-0.2, -0.15) is 13.2 Å². The van der Waals surface area contributed by atoms with Crippen LogP contribution in [0.25, 0.3) is 10.2 Å². The van der Waals surface area contributed by atoms with Crippen LogP contribution in [-0.2, 0) is 17.4 Å². The Balaban J connectivity index is 1.77. The molecule has 126 valence electrons. The molecule has 0 saturated carbocycles. The minimum absolute atomic E-state index is 0.206. The second-order valence-corrected chi connectivity index (χ2v) is 6.25. The van der Waals surface area contributed by atoms with E-state index in [1.54, 1.807) is 18.4 Å². The predicted octanol–water partition coefficient (Wildman–Crippen LogP) is 3.16. The maximum Gasteiger partial charge on any atom is 0.416 e. The third kappa shape index (κ3) is 3.67. The molecule has 0 atom stereocenters. The third-order valence-corrected chi connectivity index (χ3v) is 4.29. The van der Waals surface area contributed by atoms with Gasteiger partial charge < -0.3 is 10.5 Å². The zero-order valence-electron chi connectivity index (χ0n) is 12.2. The highest BCUT2D eigenvalue weighted by Gasteiger charge is 2.30. The lowest BCUT2D eigenvalue weighted by Crippen LogP contribution is -2.38. The Morgan fingerprint density at radius 1 is 1.38 bits per heavy atom. The number of nitrogens with one attached hydrogen (secondary N) is 1. The molecule has 1 aromatic heterocycles. The first-order chi connectivity index (χ1) is 11.3. The van der Waals surface area contributed by atoms with Crippen molar-refractivity contribution in [2.24, 2.45) is 0 Å². The van der Waals surface area contributed by atoms with Crippen LogP contribution in [0.4, 0.5) is 13.2 Å². The molecule has 0 bridgehead atoms. The van der Waals surface area contributed by atoms with E-state index in [4.69, 9.17) is 5.11 Å². The molecule has 0 radical (unpaired) electrons. The number of rotatable bonds is 4. The number of halogens is 3. The van der Waals surface area contributed by atoms with Crippen LogP contribution in [0.3, 0.4) is 0 Å². The van der Waals surface area contributed by atoms with Crippen molar-refractivity contribution in [3.8, 4) is 0 Å². The average molecular weight is 355 g/mol. The van der Waals surface area contributed by atoms with E-state index in [-0.39, 0.29) is 6.54 Å². The maximum atomic E-state index is 12.7. The smallest absolute Gasteiger partial charge is 0.416 e. The van der Waals surface area contributed by atoms with Crippen LogP contribution >= 0.6 is 11.3 Å². The second-order valence-electron chi connectivity index (χ2n) is 5.13. The van der Waals surface area contributed by atoms with Crippen LogP contribution in [0, 0.1) is 0 Å². The van der Waals surface area contributed by atoms with Crippen molar-refractivity contribution in [3.05, 3.63) is 52.8 Å². The zero-order valence-corrected chi connectivity index (χ0v) is 13.0. The van der Waals surface area contributed by atoms with Gasteiger partial charge in [0.1, 0.15) is 6.54 Å². The number of aromatic nitrogens is 1. The van der Waals surface area contributed by atoms with Gasteiger partial charge in [-0.15, -0.1) is 11.3 Å². The van der Waals surface area contributed by atoms with Crippen molar-refractivity contribution in [1.29, 1.82) is 0 Å². The monoisotopic (exact) mass is 355 g/mol. The van der Waals surface area contributed by atoms with Crippen LogP contribution in [0.1, 0.15) is 10.6 Å². The van der Waals surface area contributed by atoms with Gasteiger partial charge in [0, 0.05) is 18.3 Å². The lowest BCUT2D eigenvalue weighted by Gasteiger charge is -2.24. The molecule has 0 amide bonds. The summed E-state index contributed by atoms with van der Waals surface area (Å²) >= 11 is 1.31. The van der Waals surface area contributed by atoms with Crippen molar-refractivity contribution >= 4 is 27.5 Å². The van der Waals surface area contributed by atoms with E-state index < -0.39 is 17.7 Å². The second kappa shape index (κ2) is 6.16. The number of nitrogens with zero attached hydrogens (tertiary/aromatic N) is 2. The summed E-state index contributed by atoms with van der Waals surface area (Å²) in [6.07, 6.45) is 1.04. The molecule has 1 aromatic carbocycles. The quantitative estimate of drug-likeness (QED) is 0.882. The Morgan fingerprint density at radius 2 is 2.17 bits per heavy atom. The first kappa shape index (κ1) is 16.3. The van der Waals surface area contributed by atoms with Gasteiger partial charge in [-0.05, 0) is 30.4 Å². The summed E-state index contributed by atoms with van der Waals surface area (Å²) < 4.78 is 38.9. The van der Waals surface area contributed by atoms with Crippen molar-refractivity contribution in [2.45, 2.75) is 12.6 Å². The normalized spacial score (nSPS) is 14.6. The molecule has 1 aliphatic rings. The van der Waals surface area contributed by atoms with Crippen LogP contribution < -0.4 is 5.43 Å². The van der Waals surface area contributed by atoms with E-state index in [0.29, 0.717) is 27.3 Å². The molecular formula is C15H12F3N3O2S. The van der Waals surface area contributed by atoms with Crippen LogP contribution in [0.5, 0.6) is 0 Å². The molecule has 3 rings (SSSR count). The lowest BCUT2D eigenvalue weighted by atomic mass is 10.2. The van der Waals surface area contributed by atoms with Gasteiger partial charge in [0.2, 0.25) is 0 Å². The van der Waals surface area contributed by atoms with E-state index in [1.807, 2.05) is 0 Å². The summed E-state index contributed by atoms with van der Waals surface area (Å²) in [7, 11) is 0. The number of aliphatic carboxylic acids is 1. The summed E-state index contributed by atoms with van der Waals surface area (Å²) in [5.74, 6) is -0.979. The predicted molar refractivity (Wildman–Crippen MR) is 83.0 cm³/mol. The van der Waals surface area contributed by atoms with Crippen LogP contribution in [-0.4, -0.2) is 27.6 Å². The molecule has 2 N–H and O–H groups in total. The third-order valence-electron chi connectivity index (χ3n) is 3.26. The van der Waals surface area contributed by atoms with Gasteiger partial charge in [-0.3, -0.25) is 9.80 Å². The number of carboxylic acids is 1. The zero-order chi connectivity index (χ0) is 17.3. The lowest BCUT2D eigenvalue weighted by molar-refractivity contribution is -0.138. The Hall–Kier alpha value is -2.55. The first-order valence-corrected chi connectivity index (χ1v) is 7.72. The van der Waals surface area contributed by atoms with Gasteiger partial charge >= 0.3 is 12.1 Å². The van der Waals surface area contributed by atoms with Crippen molar-refractivity contribution in [2.75, 3.05) is 6.54 Å². The molecule has 0 fully saturated rings. The number of hydrogen-bond acceptors (Lipinski definition) is 5. The Bertz CT molecular complexity index is 842. The highest BCUT2D eigenvalue weighted by molar-refractivity contribution is 7.18. The number of benzene rings is 1. The van der Waals surface area contributed by atoms with E-state index in [2.05, 4.69) is 10.4 Å². The molecule has 0 saturated heterocycles. The number of alkyl halides is 3. The molecule has 2 aromatic rings. The number of fused-ring (bicyclic) bond motifs is 1. The van der Waals surface area contributed by atoms with Gasteiger partial charge in [0.15, 0.2) is 0 Å².